The minimum absolute atomic E-state index is 0.00822. The van der Waals surface area contributed by atoms with Crippen LogP contribution in [0.2, 0.25) is 0 Å². The highest BCUT2D eigenvalue weighted by atomic mass is 16.6. The van der Waals surface area contributed by atoms with E-state index in [1.807, 2.05) is 0 Å². The average Bonchev–Trinajstić information content (AvgIpc) is 3.38. The summed E-state index contributed by atoms with van der Waals surface area (Å²) >= 11 is 0. The third-order valence-corrected chi connectivity index (χ3v) is 11.6. The average molecular weight is 461 g/mol. The summed E-state index contributed by atoms with van der Waals surface area (Å²) in [4.78, 5) is 12.9. The number of aliphatic hydroxyl groups is 1. The summed E-state index contributed by atoms with van der Waals surface area (Å²) in [6.45, 7) is 8.41. The molecule has 4 nitrogen and oxygen atoms in total. The lowest BCUT2D eigenvalue weighted by molar-refractivity contribution is -0.221. The van der Waals surface area contributed by atoms with Gasteiger partial charge in [-0.05, 0) is 75.5 Å². The second-order valence-corrected chi connectivity index (χ2v) is 13.2. The summed E-state index contributed by atoms with van der Waals surface area (Å²) in [6.07, 6.45) is 17.7. The Bertz CT molecular complexity index is 719. The number of hydrogen-bond acceptors (Lipinski definition) is 4. The van der Waals surface area contributed by atoms with E-state index >= 15 is 0 Å². The van der Waals surface area contributed by atoms with Crippen LogP contribution in [0.4, 0.5) is 0 Å². The fourth-order valence-electron chi connectivity index (χ4n) is 9.57. The van der Waals surface area contributed by atoms with Gasteiger partial charge in [0.2, 0.25) is 0 Å². The lowest BCUT2D eigenvalue weighted by Crippen LogP contribution is -2.65. The third-order valence-electron chi connectivity index (χ3n) is 11.6. The van der Waals surface area contributed by atoms with Crippen LogP contribution in [0.25, 0.3) is 0 Å². The van der Waals surface area contributed by atoms with Crippen LogP contribution in [0.3, 0.4) is 0 Å². The molecule has 0 bridgehead atoms. The van der Waals surface area contributed by atoms with Crippen molar-refractivity contribution in [3.05, 3.63) is 0 Å². The molecule has 5 fully saturated rings. The Morgan fingerprint density at radius 2 is 1.64 bits per heavy atom. The van der Waals surface area contributed by atoms with E-state index < -0.39 is 11.0 Å². The first kappa shape index (κ1) is 24.1. The molecular formula is C29H48O4. The van der Waals surface area contributed by atoms with Gasteiger partial charge < -0.3 is 14.6 Å². The van der Waals surface area contributed by atoms with E-state index in [1.165, 1.54) is 51.4 Å². The van der Waals surface area contributed by atoms with E-state index in [1.54, 1.807) is 0 Å². The van der Waals surface area contributed by atoms with Gasteiger partial charge in [-0.25, -0.2) is 0 Å². The number of carbonyl (C=O) groups excluding carboxylic acids is 1. The molecule has 0 amide bonds. The molecular weight excluding hydrogens is 412 g/mol. The highest BCUT2D eigenvalue weighted by Crippen LogP contribution is 2.67. The lowest BCUT2D eigenvalue weighted by Gasteiger charge is -2.61. The Morgan fingerprint density at radius 1 is 0.939 bits per heavy atom. The highest BCUT2D eigenvalue weighted by Gasteiger charge is 2.71. The van der Waals surface area contributed by atoms with Crippen molar-refractivity contribution in [1.29, 1.82) is 0 Å². The molecule has 2 unspecified atom stereocenters. The maximum absolute atomic E-state index is 12.9. The zero-order chi connectivity index (χ0) is 23.3. The fourth-order valence-corrected chi connectivity index (χ4v) is 9.57. The lowest BCUT2D eigenvalue weighted by atomic mass is 9.43. The first-order chi connectivity index (χ1) is 15.8. The van der Waals surface area contributed by atoms with Gasteiger partial charge in [-0.1, -0.05) is 58.8 Å². The van der Waals surface area contributed by atoms with Crippen LogP contribution in [0.1, 0.15) is 117 Å². The van der Waals surface area contributed by atoms with Gasteiger partial charge in [0.05, 0.1) is 17.6 Å². The topological polar surface area (TPSA) is 55.8 Å². The van der Waals surface area contributed by atoms with Gasteiger partial charge in [-0.3, -0.25) is 4.79 Å². The van der Waals surface area contributed by atoms with Gasteiger partial charge in [0.25, 0.3) is 0 Å². The van der Waals surface area contributed by atoms with E-state index in [2.05, 4.69) is 20.8 Å². The minimum atomic E-state index is -0.738. The van der Waals surface area contributed by atoms with Gasteiger partial charge in [-0.15, -0.1) is 0 Å². The summed E-state index contributed by atoms with van der Waals surface area (Å²) in [7, 11) is 0. The standard InChI is InChI=1S/C29H48O4/c1-21-19-23-24-26(2,25(30)33-23)13-10-14-27(24,3)29(21,31)16-15-28(17-18-32-20-28)22-11-8-6-4-5-7-9-12-22/h21-24,31H,4-20H2,1-3H3/t21-,23-,24?,26+,27-,28?,29-/m1/s1. The van der Waals surface area contributed by atoms with Crippen LogP contribution in [0.5, 0.6) is 0 Å². The molecule has 3 saturated carbocycles. The first-order valence-electron chi connectivity index (χ1n) is 14.3. The van der Waals surface area contributed by atoms with Crippen LogP contribution in [0.15, 0.2) is 0 Å². The molecule has 33 heavy (non-hydrogen) atoms. The van der Waals surface area contributed by atoms with Crippen molar-refractivity contribution >= 4 is 5.97 Å². The zero-order valence-electron chi connectivity index (χ0n) is 21.5. The van der Waals surface area contributed by atoms with Gasteiger partial charge in [0.15, 0.2) is 0 Å². The zero-order valence-corrected chi connectivity index (χ0v) is 21.5. The Hall–Kier alpha value is -0.610. The van der Waals surface area contributed by atoms with E-state index in [0.717, 1.165) is 64.1 Å². The number of ether oxygens (including phenoxy) is 2. The van der Waals surface area contributed by atoms with Crippen molar-refractivity contribution in [3.8, 4) is 0 Å². The molecule has 5 aliphatic rings. The molecule has 5 rings (SSSR count). The van der Waals surface area contributed by atoms with E-state index in [9.17, 15) is 9.90 Å². The van der Waals surface area contributed by atoms with E-state index in [-0.39, 0.29) is 34.7 Å². The maximum atomic E-state index is 12.9. The third kappa shape index (κ3) is 3.72. The smallest absolute Gasteiger partial charge is 0.312 e. The summed E-state index contributed by atoms with van der Waals surface area (Å²) in [6, 6.07) is 0. The molecule has 3 aliphatic carbocycles. The molecule has 4 heteroatoms. The largest absolute Gasteiger partial charge is 0.462 e. The number of carbonyl (C=O) groups is 1. The van der Waals surface area contributed by atoms with E-state index in [4.69, 9.17) is 9.47 Å². The summed E-state index contributed by atoms with van der Waals surface area (Å²) in [5.41, 5.74) is -1.18. The Balaban J connectivity index is 1.40. The van der Waals surface area contributed by atoms with Crippen molar-refractivity contribution in [1.82, 2.24) is 0 Å². The predicted octanol–water partition coefficient (Wildman–Crippen LogP) is 6.43. The van der Waals surface area contributed by atoms with Crippen LogP contribution < -0.4 is 0 Å². The molecule has 2 aliphatic heterocycles. The molecule has 0 spiro atoms. The number of esters is 1. The second kappa shape index (κ2) is 8.80. The SMILES string of the molecule is C[C@@H]1C[C@H]2OC(=O)[C@@]3(C)CCC[C@](C)(C23)[C@@]1(O)CCC1(C2CCCCCCCC2)CCOC1. The van der Waals surface area contributed by atoms with Crippen molar-refractivity contribution < 1.29 is 19.4 Å². The monoisotopic (exact) mass is 460 g/mol. The Kier molecular flexibility index (Phi) is 6.43. The molecule has 0 radical (unpaired) electrons. The Labute approximate surface area is 201 Å². The van der Waals surface area contributed by atoms with Gasteiger partial charge in [0.1, 0.15) is 6.10 Å². The van der Waals surface area contributed by atoms with Crippen molar-refractivity contribution in [2.75, 3.05) is 13.2 Å². The van der Waals surface area contributed by atoms with E-state index in [0.29, 0.717) is 0 Å². The summed E-state index contributed by atoms with van der Waals surface area (Å²) < 4.78 is 12.0. The molecule has 0 aromatic heterocycles. The van der Waals surface area contributed by atoms with Crippen molar-refractivity contribution in [2.45, 2.75) is 129 Å². The van der Waals surface area contributed by atoms with Gasteiger partial charge >= 0.3 is 5.97 Å². The summed E-state index contributed by atoms with van der Waals surface area (Å²) in [5.74, 6) is 1.02. The molecule has 0 aromatic rings. The first-order valence-corrected chi connectivity index (χ1v) is 14.3. The molecule has 188 valence electrons. The van der Waals surface area contributed by atoms with Gasteiger partial charge in [-0.2, -0.15) is 0 Å². The second-order valence-electron chi connectivity index (χ2n) is 13.2. The number of hydrogen-bond donors (Lipinski definition) is 1. The van der Waals surface area contributed by atoms with Crippen molar-refractivity contribution in [2.24, 2.45) is 34.0 Å². The highest BCUT2D eigenvalue weighted by molar-refractivity contribution is 5.80. The van der Waals surface area contributed by atoms with Crippen LogP contribution in [0, 0.1) is 34.0 Å². The molecule has 2 saturated heterocycles. The molecule has 7 atom stereocenters. The number of rotatable bonds is 4. The molecule has 1 N–H and O–H groups in total. The fraction of sp³-hybridized carbons (Fsp3) is 0.966. The predicted molar refractivity (Wildman–Crippen MR) is 130 cm³/mol. The van der Waals surface area contributed by atoms with Crippen LogP contribution in [-0.4, -0.2) is 36.0 Å². The van der Waals surface area contributed by atoms with Crippen molar-refractivity contribution in [3.63, 3.8) is 0 Å². The normalized spacial score (nSPS) is 49.1. The summed E-state index contributed by atoms with van der Waals surface area (Å²) in [5, 5.41) is 12.6. The van der Waals surface area contributed by atoms with Crippen LogP contribution in [-0.2, 0) is 14.3 Å². The minimum Gasteiger partial charge on any atom is -0.462 e. The Morgan fingerprint density at radius 3 is 2.30 bits per heavy atom. The van der Waals surface area contributed by atoms with Gasteiger partial charge in [0, 0.05) is 17.9 Å². The van der Waals surface area contributed by atoms with Crippen LogP contribution >= 0.6 is 0 Å². The quantitative estimate of drug-likeness (QED) is 0.491. The maximum Gasteiger partial charge on any atom is 0.312 e. The molecule has 0 aromatic carbocycles. The molecule has 2 heterocycles.